The van der Waals surface area contributed by atoms with Gasteiger partial charge in [0.2, 0.25) is 0 Å². The lowest BCUT2D eigenvalue weighted by molar-refractivity contribution is -0.139. The van der Waals surface area contributed by atoms with Crippen molar-refractivity contribution < 1.29 is 19.4 Å². The van der Waals surface area contributed by atoms with Gasteiger partial charge in [0.1, 0.15) is 17.7 Å². The van der Waals surface area contributed by atoms with Gasteiger partial charge in [-0.1, -0.05) is 0 Å². The average Bonchev–Trinajstić information content (AvgIpc) is 3.01. The van der Waals surface area contributed by atoms with Crippen molar-refractivity contribution in [2.45, 2.75) is 38.8 Å². The first-order valence-electron chi connectivity index (χ1n) is 7.71. The number of pyridine rings is 1. The predicted molar refractivity (Wildman–Crippen MR) is 94.6 cm³/mol. The van der Waals surface area contributed by atoms with E-state index in [4.69, 9.17) is 10.00 Å². The number of aromatic nitrogens is 2. The molecule has 0 saturated carbocycles. The number of aliphatic carboxylic acids is 1. The zero-order valence-electron chi connectivity index (χ0n) is 14.5. The van der Waals surface area contributed by atoms with Gasteiger partial charge in [0.25, 0.3) is 0 Å². The van der Waals surface area contributed by atoms with E-state index in [0.29, 0.717) is 22.0 Å². The Morgan fingerprint density at radius 3 is 2.65 bits per heavy atom. The summed E-state index contributed by atoms with van der Waals surface area (Å²) >= 11 is 1.27. The Morgan fingerprint density at radius 1 is 1.38 bits per heavy atom. The quantitative estimate of drug-likeness (QED) is 0.824. The lowest BCUT2D eigenvalue weighted by Crippen LogP contribution is -2.44. The van der Waals surface area contributed by atoms with Gasteiger partial charge in [-0.2, -0.15) is 5.26 Å². The number of hydrogen-bond acceptors (Lipinski definition) is 7. The third kappa shape index (κ3) is 5.53. The van der Waals surface area contributed by atoms with E-state index in [9.17, 15) is 14.7 Å². The third-order valence-corrected chi connectivity index (χ3v) is 3.95. The van der Waals surface area contributed by atoms with E-state index >= 15 is 0 Å². The van der Waals surface area contributed by atoms with Gasteiger partial charge in [0.15, 0.2) is 0 Å². The second kappa shape index (κ2) is 7.93. The average molecular weight is 374 g/mol. The Morgan fingerprint density at radius 2 is 2.12 bits per heavy atom. The normalized spacial score (nSPS) is 12.1. The number of thiazole rings is 1. The van der Waals surface area contributed by atoms with Crippen LogP contribution in [0.5, 0.6) is 0 Å². The highest BCUT2D eigenvalue weighted by Gasteiger charge is 2.25. The summed E-state index contributed by atoms with van der Waals surface area (Å²) in [7, 11) is 0. The Bertz CT molecular complexity index is 834. The Labute approximate surface area is 154 Å². The summed E-state index contributed by atoms with van der Waals surface area (Å²) in [6.45, 7) is 5.08. The lowest BCUT2D eigenvalue weighted by Gasteiger charge is -2.21. The standard InChI is InChI=1S/C17H18N4O4S/c1-17(2,3)25-16(24)21-12(15(22)23)6-14-20-13(9-26-14)11-5-4-10(7-18)8-19-11/h4-5,8-9,12H,6H2,1-3H3,(H,21,24)(H,22,23). The first kappa shape index (κ1) is 19.3. The molecule has 1 amide bonds. The van der Waals surface area contributed by atoms with Crippen molar-refractivity contribution in [1.29, 1.82) is 5.26 Å². The van der Waals surface area contributed by atoms with Crippen molar-refractivity contribution in [2.24, 2.45) is 0 Å². The van der Waals surface area contributed by atoms with Crippen molar-refractivity contribution in [3.8, 4) is 17.5 Å². The highest BCUT2D eigenvalue weighted by molar-refractivity contribution is 7.09. The molecule has 8 nitrogen and oxygen atoms in total. The van der Waals surface area contributed by atoms with Crippen LogP contribution in [0.4, 0.5) is 4.79 Å². The smallest absolute Gasteiger partial charge is 0.408 e. The van der Waals surface area contributed by atoms with E-state index in [0.717, 1.165) is 0 Å². The van der Waals surface area contributed by atoms with Crippen LogP contribution in [0.3, 0.4) is 0 Å². The summed E-state index contributed by atoms with van der Waals surface area (Å²) in [5.41, 5.74) is 0.883. The number of ether oxygens (including phenoxy) is 1. The molecular formula is C17H18N4O4S. The molecule has 0 aliphatic carbocycles. The molecule has 1 atom stereocenters. The van der Waals surface area contributed by atoms with Crippen LogP contribution >= 0.6 is 11.3 Å². The molecular weight excluding hydrogens is 356 g/mol. The SMILES string of the molecule is CC(C)(C)OC(=O)NC(Cc1nc(-c2ccc(C#N)cn2)cs1)C(=O)O. The lowest BCUT2D eigenvalue weighted by atomic mass is 10.2. The monoisotopic (exact) mass is 374 g/mol. The number of carbonyl (C=O) groups is 2. The molecule has 9 heteroatoms. The van der Waals surface area contributed by atoms with Crippen LogP contribution in [0.2, 0.25) is 0 Å². The number of nitrogens with one attached hydrogen (secondary N) is 1. The maximum Gasteiger partial charge on any atom is 0.408 e. The molecule has 2 rings (SSSR count). The van der Waals surface area contributed by atoms with E-state index < -0.39 is 23.7 Å². The van der Waals surface area contributed by atoms with E-state index in [2.05, 4.69) is 15.3 Å². The number of carboxylic acids is 1. The van der Waals surface area contributed by atoms with Crippen LogP contribution in [0.25, 0.3) is 11.4 Å². The van der Waals surface area contributed by atoms with Crippen LogP contribution in [0.1, 0.15) is 31.3 Å². The molecule has 26 heavy (non-hydrogen) atoms. The first-order chi connectivity index (χ1) is 12.2. The van der Waals surface area contributed by atoms with Gasteiger partial charge in [-0.15, -0.1) is 11.3 Å². The van der Waals surface area contributed by atoms with Crippen molar-refractivity contribution >= 4 is 23.4 Å². The zero-order chi connectivity index (χ0) is 19.3. The second-order valence-electron chi connectivity index (χ2n) is 6.41. The molecule has 2 aromatic heterocycles. The first-order valence-corrected chi connectivity index (χ1v) is 8.59. The van der Waals surface area contributed by atoms with Gasteiger partial charge >= 0.3 is 12.1 Å². The van der Waals surface area contributed by atoms with Gasteiger partial charge in [-0.3, -0.25) is 4.98 Å². The Balaban J connectivity index is 2.07. The molecule has 0 spiro atoms. The van der Waals surface area contributed by atoms with Crippen molar-refractivity contribution in [3.63, 3.8) is 0 Å². The molecule has 2 heterocycles. The van der Waals surface area contributed by atoms with Gasteiger partial charge in [0.05, 0.1) is 22.0 Å². The largest absolute Gasteiger partial charge is 0.480 e. The molecule has 0 aliphatic rings. The van der Waals surface area contributed by atoms with Crippen LogP contribution in [0.15, 0.2) is 23.7 Å². The van der Waals surface area contributed by atoms with Crippen molar-refractivity contribution in [1.82, 2.24) is 15.3 Å². The van der Waals surface area contributed by atoms with Gasteiger partial charge < -0.3 is 15.2 Å². The molecule has 136 valence electrons. The summed E-state index contributed by atoms with van der Waals surface area (Å²) in [6.07, 6.45) is 0.670. The third-order valence-electron chi connectivity index (χ3n) is 3.07. The number of carboxylic acid groups (broad SMARTS) is 1. The minimum atomic E-state index is -1.18. The summed E-state index contributed by atoms with van der Waals surface area (Å²) in [6, 6.07) is 4.13. The minimum absolute atomic E-state index is 0.0233. The summed E-state index contributed by atoms with van der Waals surface area (Å²) in [5.74, 6) is -1.18. The number of alkyl carbamates (subject to hydrolysis) is 1. The van der Waals surface area contributed by atoms with Crippen LogP contribution in [-0.2, 0) is 16.0 Å². The molecule has 0 fully saturated rings. The molecule has 2 N–H and O–H groups in total. The van der Waals surface area contributed by atoms with E-state index in [-0.39, 0.29) is 6.42 Å². The Hall–Kier alpha value is -2.99. The number of carbonyl (C=O) groups excluding carboxylic acids is 1. The fraction of sp³-hybridized carbons (Fsp3) is 0.353. The topological polar surface area (TPSA) is 125 Å². The number of hydrogen-bond donors (Lipinski definition) is 2. The molecule has 0 aromatic carbocycles. The summed E-state index contributed by atoms with van der Waals surface area (Å²) in [4.78, 5) is 31.7. The van der Waals surface area contributed by atoms with E-state index in [1.807, 2.05) is 6.07 Å². The van der Waals surface area contributed by atoms with Crippen molar-refractivity contribution in [2.75, 3.05) is 0 Å². The molecule has 1 unspecified atom stereocenters. The fourth-order valence-corrected chi connectivity index (χ4v) is 2.79. The van der Waals surface area contributed by atoms with Gasteiger partial charge in [-0.05, 0) is 32.9 Å². The number of nitriles is 1. The fourth-order valence-electron chi connectivity index (χ4n) is 1.96. The highest BCUT2D eigenvalue weighted by Crippen LogP contribution is 2.21. The maximum absolute atomic E-state index is 11.8. The van der Waals surface area contributed by atoms with Gasteiger partial charge in [0, 0.05) is 18.0 Å². The van der Waals surface area contributed by atoms with Crippen LogP contribution in [-0.4, -0.2) is 38.8 Å². The molecule has 2 aromatic rings. The molecule has 0 radical (unpaired) electrons. The van der Waals surface area contributed by atoms with Crippen LogP contribution in [0, 0.1) is 11.3 Å². The molecule has 0 aliphatic heterocycles. The van der Waals surface area contributed by atoms with Crippen LogP contribution < -0.4 is 5.32 Å². The summed E-state index contributed by atoms with van der Waals surface area (Å²) in [5, 5.41) is 22.7. The number of amides is 1. The Kier molecular flexibility index (Phi) is 5.90. The zero-order valence-corrected chi connectivity index (χ0v) is 15.3. The predicted octanol–water partition coefficient (Wildman–Crippen LogP) is 2.60. The second-order valence-corrected chi connectivity index (χ2v) is 7.35. The van der Waals surface area contributed by atoms with Crippen molar-refractivity contribution in [3.05, 3.63) is 34.3 Å². The maximum atomic E-state index is 11.8. The summed E-state index contributed by atoms with van der Waals surface area (Å²) < 4.78 is 5.09. The molecule has 0 saturated heterocycles. The minimum Gasteiger partial charge on any atom is -0.480 e. The highest BCUT2D eigenvalue weighted by atomic mass is 32.1. The van der Waals surface area contributed by atoms with Gasteiger partial charge in [-0.25, -0.2) is 14.6 Å². The number of rotatable bonds is 5. The van der Waals surface area contributed by atoms with E-state index in [1.165, 1.54) is 17.5 Å². The number of nitrogens with zero attached hydrogens (tertiary/aromatic N) is 3. The molecule has 0 bridgehead atoms. The van der Waals surface area contributed by atoms with E-state index in [1.54, 1.807) is 38.3 Å².